The summed E-state index contributed by atoms with van der Waals surface area (Å²) in [7, 11) is -3.01. The lowest BCUT2D eigenvalue weighted by molar-refractivity contribution is 0.0915. The van der Waals surface area contributed by atoms with Gasteiger partial charge in [0.25, 0.3) is 5.91 Å². The van der Waals surface area contributed by atoms with Gasteiger partial charge in [-0.05, 0) is 55.9 Å². The Morgan fingerprint density at radius 1 is 1.25 bits per heavy atom. The number of sulfone groups is 1. The molecule has 1 aromatic carbocycles. The number of nitrogens with one attached hydrogen (secondary N) is 1. The molecule has 1 fully saturated rings. The SMILES string of the molecule is C[C@]1(NC(=O)c2ccc3c(c2)CCC3)CCS(=O)(=O)C1. The number of carbonyl (C=O) groups excluding carboxylic acids is 1. The fraction of sp³-hybridized carbons (Fsp3) is 0.533. The second-order valence-electron chi connectivity index (χ2n) is 6.19. The molecule has 1 aliphatic heterocycles. The zero-order chi connectivity index (χ0) is 14.4. The van der Waals surface area contributed by atoms with Crippen LogP contribution in [0.25, 0.3) is 0 Å². The van der Waals surface area contributed by atoms with Crippen LogP contribution < -0.4 is 5.32 Å². The summed E-state index contributed by atoms with van der Waals surface area (Å²) in [5.41, 5.74) is 2.59. The summed E-state index contributed by atoms with van der Waals surface area (Å²) in [6.07, 6.45) is 3.76. The minimum atomic E-state index is -3.01. The van der Waals surface area contributed by atoms with E-state index in [4.69, 9.17) is 0 Å². The largest absolute Gasteiger partial charge is 0.346 e. The van der Waals surface area contributed by atoms with Gasteiger partial charge in [0.15, 0.2) is 9.84 Å². The van der Waals surface area contributed by atoms with Crippen LogP contribution in [0.15, 0.2) is 18.2 Å². The third-order valence-corrected chi connectivity index (χ3v) is 6.18. The van der Waals surface area contributed by atoms with Gasteiger partial charge in [0.1, 0.15) is 0 Å². The van der Waals surface area contributed by atoms with Crippen molar-refractivity contribution >= 4 is 15.7 Å². The highest BCUT2D eigenvalue weighted by Crippen LogP contribution is 2.25. The smallest absolute Gasteiger partial charge is 0.251 e. The molecule has 1 amide bonds. The first-order valence-corrected chi connectivity index (χ1v) is 8.84. The van der Waals surface area contributed by atoms with Crippen molar-refractivity contribution in [3.63, 3.8) is 0 Å². The topological polar surface area (TPSA) is 63.2 Å². The molecule has 5 heteroatoms. The lowest BCUT2D eigenvalue weighted by atomic mass is 10.0. The molecule has 3 rings (SSSR count). The molecule has 0 saturated carbocycles. The van der Waals surface area contributed by atoms with Gasteiger partial charge in [0.2, 0.25) is 0 Å². The first kappa shape index (κ1) is 13.6. The van der Waals surface area contributed by atoms with Crippen molar-refractivity contribution in [2.75, 3.05) is 11.5 Å². The van der Waals surface area contributed by atoms with E-state index in [1.165, 1.54) is 11.1 Å². The van der Waals surface area contributed by atoms with Crippen molar-refractivity contribution in [2.24, 2.45) is 0 Å². The number of benzene rings is 1. The Kier molecular flexibility index (Phi) is 3.12. The summed E-state index contributed by atoms with van der Waals surface area (Å²) in [6, 6.07) is 5.81. The highest BCUT2D eigenvalue weighted by Gasteiger charge is 2.39. The molecule has 0 aromatic heterocycles. The van der Waals surface area contributed by atoms with Gasteiger partial charge in [-0.1, -0.05) is 6.07 Å². The van der Waals surface area contributed by atoms with Gasteiger partial charge < -0.3 is 5.32 Å². The van der Waals surface area contributed by atoms with Crippen molar-refractivity contribution in [2.45, 2.75) is 38.1 Å². The Bertz CT molecular complexity index is 666. The summed E-state index contributed by atoms with van der Waals surface area (Å²) in [4.78, 5) is 12.3. The van der Waals surface area contributed by atoms with E-state index in [9.17, 15) is 13.2 Å². The molecular formula is C15H19NO3S. The molecule has 0 bridgehead atoms. The number of hydrogen-bond acceptors (Lipinski definition) is 3. The minimum Gasteiger partial charge on any atom is -0.346 e. The first-order valence-electron chi connectivity index (χ1n) is 7.02. The molecule has 1 N–H and O–H groups in total. The first-order chi connectivity index (χ1) is 9.37. The molecule has 1 heterocycles. The minimum absolute atomic E-state index is 0.0384. The zero-order valence-electron chi connectivity index (χ0n) is 11.6. The van der Waals surface area contributed by atoms with Crippen molar-refractivity contribution in [3.05, 3.63) is 34.9 Å². The van der Waals surface area contributed by atoms with Gasteiger partial charge in [-0.25, -0.2) is 8.42 Å². The fourth-order valence-corrected chi connectivity index (χ4v) is 5.26. The van der Waals surface area contributed by atoms with E-state index >= 15 is 0 Å². The monoisotopic (exact) mass is 293 g/mol. The molecule has 0 unspecified atom stereocenters. The fourth-order valence-electron chi connectivity index (χ4n) is 3.17. The van der Waals surface area contributed by atoms with Gasteiger partial charge >= 0.3 is 0 Å². The van der Waals surface area contributed by atoms with Crippen LogP contribution in [0.3, 0.4) is 0 Å². The molecule has 108 valence electrons. The maximum Gasteiger partial charge on any atom is 0.251 e. The highest BCUT2D eigenvalue weighted by molar-refractivity contribution is 7.91. The number of carbonyl (C=O) groups is 1. The lowest BCUT2D eigenvalue weighted by Crippen LogP contribution is -2.46. The Morgan fingerprint density at radius 2 is 2.00 bits per heavy atom. The number of hydrogen-bond donors (Lipinski definition) is 1. The third-order valence-electron chi connectivity index (χ3n) is 4.28. The van der Waals surface area contributed by atoms with Gasteiger partial charge in [0, 0.05) is 5.56 Å². The van der Waals surface area contributed by atoms with Crippen LogP contribution in [0.2, 0.25) is 0 Å². The molecule has 1 atom stereocenters. The second-order valence-corrected chi connectivity index (χ2v) is 8.38. The van der Waals surface area contributed by atoms with Crippen LogP contribution in [0, 0.1) is 0 Å². The van der Waals surface area contributed by atoms with Crippen LogP contribution in [-0.4, -0.2) is 31.4 Å². The summed E-state index contributed by atoms with van der Waals surface area (Å²) in [5, 5.41) is 2.90. The predicted octanol–water partition coefficient (Wildman–Crippen LogP) is 1.48. The summed E-state index contributed by atoms with van der Waals surface area (Å²) in [5.74, 6) is 0.0317. The van der Waals surface area contributed by atoms with Crippen molar-refractivity contribution in [1.29, 1.82) is 0 Å². The van der Waals surface area contributed by atoms with Gasteiger partial charge in [0.05, 0.1) is 17.0 Å². The number of amides is 1. The predicted molar refractivity (Wildman–Crippen MR) is 77.6 cm³/mol. The van der Waals surface area contributed by atoms with Gasteiger partial charge in [-0.3, -0.25) is 4.79 Å². The quantitative estimate of drug-likeness (QED) is 0.898. The van der Waals surface area contributed by atoms with E-state index < -0.39 is 15.4 Å². The lowest BCUT2D eigenvalue weighted by Gasteiger charge is -2.24. The second kappa shape index (κ2) is 4.58. The molecule has 0 radical (unpaired) electrons. The number of aryl methyl sites for hydroxylation is 2. The number of rotatable bonds is 2. The van der Waals surface area contributed by atoms with E-state index in [0.717, 1.165) is 19.3 Å². The molecule has 1 aromatic rings. The summed E-state index contributed by atoms with van der Waals surface area (Å²) in [6.45, 7) is 1.81. The maximum absolute atomic E-state index is 12.3. The number of fused-ring (bicyclic) bond motifs is 1. The highest BCUT2D eigenvalue weighted by atomic mass is 32.2. The summed E-state index contributed by atoms with van der Waals surface area (Å²) >= 11 is 0. The average Bonchev–Trinajstić information content (AvgIpc) is 2.92. The van der Waals surface area contributed by atoms with Crippen molar-refractivity contribution in [1.82, 2.24) is 5.32 Å². The van der Waals surface area contributed by atoms with Crippen molar-refractivity contribution in [3.8, 4) is 0 Å². The van der Waals surface area contributed by atoms with E-state index in [1.807, 2.05) is 25.1 Å². The van der Waals surface area contributed by atoms with Crippen LogP contribution in [0.5, 0.6) is 0 Å². The Labute approximate surface area is 119 Å². The van der Waals surface area contributed by atoms with Crippen LogP contribution >= 0.6 is 0 Å². The van der Waals surface area contributed by atoms with E-state index in [-0.39, 0.29) is 17.4 Å². The average molecular weight is 293 g/mol. The molecular weight excluding hydrogens is 274 g/mol. The maximum atomic E-state index is 12.3. The Balaban J connectivity index is 1.77. The molecule has 1 saturated heterocycles. The van der Waals surface area contributed by atoms with E-state index in [1.54, 1.807) is 0 Å². The van der Waals surface area contributed by atoms with Crippen LogP contribution in [0.1, 0.15) is 41.3 Å². The molecule has 20 heavy (non-hydrogen) atoms. The Morgan fingerprint density at radius 3 is 2.70 bits per heavy atom. The van der Waals surface area contributed by atoms with Gasteiger partial charge in [-0.15, -0.1) is 0 Å². The summed E-state index contributed by atoms with van der Waals surface area (Å²) < 4.78 is 23.1. The molecule has 1 aliphatic carbocycles. The normalized spacial score (nSPS) is 27.2. The Hall–Kier alpha value is -1.36. The van der Waals surface area contributed by atoms with Gasteiger partial charge in [-0.2, -0.15) is 0 Å². The van der Waals surface area contributed by atoms with Crippen LogP contribution in [0.4, 0.5) is 0 Å². The molecule has 0 spiro atoms. The molecule has 2 aliphatic rings. The van der Waals surface area contributed by atoms with E-state index in [2.05, 4.69) is 5.32 Å². The standard InChI is InChI=1S/C15H19NO3S/c1-15(7-8-20(18,19)10-15)16-14(17)13-6-5-11-3-2-4-12(11)9-13/h5-6,9H,2-4,7-8,10H2,1H3,(H,16,17)/t15-/m0/s1. The van der Waals surface area contributed by atoms with E-state index in [0.29, 0.717) is 12.0 Å². The molecule has 4 nitrogen and oxygen atoms in total. The zero-order valence-corrected chi connectivity index (χ0v) is 12.4. The van der Waals surface area contributed by atoms with Crippen LogP contribution in [-0.2, 0) is 22.7 Å². The third kappa shape index (κ3) is 2.59. The van der Waals surface area contributed by atoms with Crippen molar-refractivity contribution < 1.29 is 13.2 Å².